The van der Waals surface area contributed by atoms with Gasteiger partial charge in [0.15, 0.2) is 0 Å². The maximum atomic E-state index is 9.39. The fraction of sp³-hybridized carbons (Fsp3) is 0.250. The van der Waals surface area contributed by atoms with E-state index in [9.17, 15) is 10.5 Å². The summed E-state index contributed by atoms with van der Waals surface area (Å²) < 4.78 is 6.07. The Morgan fingerprint density at radius 1 is 0.743 bits per heavy atom. The first-order valence-electron chi connectivity index (χ1n) is 12.1. The predicted molar refractivity (Wildman–Crippen MR) is 144 cm³/mol. The van der Waals surface area contributed by atoms with E-state index in [1.165, 1.54) is 11.1 Å². The van der Waals surface area contributed by atoms with Crippen molar-refractivity contribution in [3.8, 4) is 12.1 Å². The van der Waals surface area contributed by atoms with Crippen molar-refractivity contribution in [3.63, 3.8) is 0 Å². The van der Waals surface area contributed by atoms with Gasteiger partial charge in [0.25, 0.3) is 0 Å². The maximum Gasteiger partial charge on any atom is 0.137 e. The van der Waals surface area contributed by atoms with Gasteiger partial charge in [-0.25, -0.2) is 0 Å². The Hall–Kier alpha value is -4.08. The van der Waals surface area contributed by atoms with E-state index >= 15 is 0 Å². The molecule has 0 aliphatic carbocycles. The summed E-state index contributed by atoms with van der Waals surface area (Å²) in [5.74, 6) is 2.36. The van der Waals surface area contributed by atoms with Gasteiger partial charge in [0.05, 0.1) is 0 Å². The van der Waals surface area contributed by atoms with Crippen LogP contribution in [-0.4, -0.2) is 0 Å². The third kappa shape index (κ3) is 8.02. The Labute approximate surface area is 209 Å². The Kier molecular flexibility index (Phi) is 9.05. The Balaban J connectivity index is 1.82. The number of benzene rings is 2. The van der Waals surface area contributed by atoms with Gasteiger partial charge in [-0.1, -0.05) is 88.4 Å². The summed E-state index contributed by atoms with van der Waals surface area (Å²) in [7, 11) is 0. The lowest BCUT2D eigenvalue weighted by molar-refractivity contribution is 0.332. The summed E-state index contributed by atoms with van der Waals surface area (Å²) in [6.07, 6.45) is 13.3. The van der Waals surface area contributed by atoms with Crippen molar-refractivity contribution >= 4 is 12.2 Å². The minimum Gasteiger partial charge on any atom is -0.457 e. The number of allylic oxidation sites excluding steroid dienone is 6. The molecule has 0 amide bonds. The molecule has 176 valence electrons. The molecular formula is C32H32N2O. The molecule has 0 aromatic heterocycles. The molecule has 35 heavy (non-hydrogen) atoms. The molecule has 1 aliphatic rings. The minimum atomic E-state index is 0.0575. The van der Waals surface area contributed by atoms with Crippen molar-refractivity contribution in [3.05, 3.63) is 118 Å². The first-order valence-corrected chi connectivity index (χ1v) is 12.1. The summed E-state index contributed by atoms with van der Waals surface area (Å²) >= 11 is 0. The summed E-state index contributed by atoms with van der Waals surface area (Å²) in [5, 5.41) is 18.8. The molecule has 0 saturated carbocycles. The van der Waals surface area contributed by atoms with Crippen LogP contribution in [0.4, 0.5) is 0 Å². The van der Waals surface area contributed by atoms with Crippen LogP contribution in [0.3, 0.4) is 0 Å². The van der Waals surface area contributed by atoms with Crippen LogP contribution in [0.1, 0.15) is 49.9 Å². The zero-order valence-corrected chi connectivity index (χ0v) is 21.0. The largest absolute Gasteiger partial charge is 0.457 e. The zero-order valence-electron chi connectivity index (χ0n) is 21.0. The number of rotatable bonds is 8. The van der Waals surface area contributed by atoms with Gasteiger partial charge in [-0.15, -0.1) is 0 Å². The normalized spacial score (nSPS) is 13.5. The van der Waals surface area contributed by atoms with E-state index in [-0.39, 0.29) is 5.57 Å². The Morgan fingerprint density at radius 2 is 1.31 bits per heavy atom. The highest BCUT2D eigenvalue weighted by molar-refractivity contribution is 5.60. The predicted octanol–water partition coefficient (Wildman–Crippen LogP) is 7.95. The SMILES string of the molecule is CC(C)Cc1ccc(/C=C/C2=CC(=C(C#N)C#N)C=C(/C=C/c3cccc(CC(C)C)c3)O2)cc1. The molecule has 1 heterocycles. The highest BCUT2D eigenvalue weighted by Crippen LogP contribution is 2.25. The summed E-state index contributed by atoms with van der Waals surface area (Å²) in [5.41, 5.74) is 5.34. The highest BCUT2D eigenvalue weighted by Gasteiger charge is 2.12. The van der Waals surface area contributed by atoms with Crippen LogP contribution in [0.2, 0.25) is 0 Å². The molecule has 1 aliphatic heterocycles. The zero-order chi connectivity index (χ0) is 25.2. The molecule has 0 atom stereocenters. The van der Waals surface area contributed by atoms with E-state index in [1.807, 2.05) is 36.4 Å². The minimum absolute atomic E-state index is 0.0575. The van der Waals surface area contributed by atoms with Crippen LogP contribution in [0, 0.1) is 34.5 Å². The lowest BCUT2D eigenvalue weighted by Gasteiger charge is -2.14. The van der Waals surface area contributed by atoms with E-state index in [1.54, 1.807) is 12.2 Å². The van der Waals surface area contributed by atoms with Crippen molar-refractivity contribution in [1.82, 2.24) is 0 Å². The molecule has 3 heteroatoms. The van der Waals surface area contributed by atoms with Gasteiger partial charge in [0.2, 0.25) is 0 Å². The van der Waals surface area contributed by atoms with E-state index in [0.717, 1.165) is 24.0 Å². The average Bonchev–Trinajstić information content (AvgIpc) is 2.83. The highest BCUT2D eigenvalue weighted by atomic mass is 16.5. The van der Waals surface area contributed by atoms with Crippen molar-refractivity contribution < 1.29 is 4.74 Å². The summed E-state index contributed by atoms with van der Waals surface area (Å²) in [6, 6.07) is 20.9. The maximum absolute atomic E-state index is 9.39. The summed E-state index contributed by atoms with van der Waals surface area (Å²) in [4.78, 5) is 0. The number of hydrogen-bond acceptors (Lipinski definition) is 3. The third-order valence-corrected chi connectivity index (χ3v) is 5.44. The van der Waals surface area contributed by atoms with Gasteiger partial charge in [0.1, 0.15) is 29.2 Å². The molecule has 3 nitrogen and oxygen atoms in total. The molecule has 0 spiro atoms. The van der Waals surface area contributed by atoms with Gasteiger partial charge in [0, 0.05) is 5.57 Å². The number of nitrogens with zero attached hydrogens (tertiary/aromatic N) is 2. The van der Waals surface area contributed by atoms with E-state index in [2.05, 4.69) is 76.2 Å². The fourth-order valence-corrected chi connectivity index (χ4v) is 3.89. The fourth-order valence-electron chi connectivity index (χ4n) is 3.89. The molecule has 0 fully saturated rings. The van der Waals surface area contributed by atoms with E-state index in [0.29, 0.717) is 28.9 Å². The molecule has 2 aromatic rings. The first-order chi connectivity index (χ1) is 16.9. The lowest BCUT2D eigenvalue weighted by atomic mass is 10.0. The monoisotopic (exact) mass is 460 g/mol. The Bertz CT molecular complexity index is 1250. The van der Waals surface area contributed by atoms with E-state index in [4.69, 9.17) is 4.74 Å². The van der Waals surface area contributed by atoms with Gasteiger partial charge in [-0.3, -0.25) is 0 Å². The standard InChI is InChI=1S/C32H32N2O/c1-23(2)16-27-10-8-25(9-11-27)12-14-31-19-29(30(21-33)22-34)20-32(35-31)15-13-26-6-5-7-28(18-26)17-24(3)4/h5-15,18-20,23-24H,16-17H2,1-4H3/b14-12+,15-13+. The van der Waals surface area contributed by atoms with E-state index < -0.39 is 0 Å². The van der Waals surface area contributed by atoms with Gasteiger partial charge in [-0.05, 0) is 71.2 Å². The smallest absolute Gasteiger partial charge is 0.137 e. The average molecular weight is 461 g/mol. The number of nitriles is 2. The first kappa shape index (κ1) is 25.5. The van der Waals surface area contributed by atoms with Gasteiger partial charge in [-0.2, -0.15) is 10.5 Å². The molecule has 0 bridgehead atoms. The van der Waals surface area contributed by atoms with Crippen molar-refractivity contribution in [2.24, 2.45) is 11.8 Å². The van der Waals surface area contributed by atoms with Crippen LogP contribution in [0.15, 0.2) is 95.5 Å². The van der Waals surface area contributed by atoms with Crippen LogP contribution in [0.5, 0.6) is 0 Å². The van der Waals surface area contributed by atoms with Gasteiger partial charge >= 0.3 is 0 Å². The van der Waals surface area contributed by atoms with Gasteiger partial charge < -0.3 is 4.74 Å². The summed E-state index contributed by atoms with van der Waals surface area (Å²) in [6.45, 7) is 8.84. The lowest BCUT2D eigenvalue weighted by Crippen LogP contribution is -1.98. The Morgan fingerprint density at radius 3 is 1.89 bits per heavy atom. The quantitative estimate of drug-likeness (QED) is 0.376. The second kappa shape index (κ2) is 12.4. The number of hydrogen-bond donors (Lipinski definition) is 0. The van der Waals surface area contributed by atoms with Crippen LogP contribution in [-0.2, 0) is 17.6 Å². The van der Waals surface area contributed by atoms with Crippen LogP contribution in [0.25, 0.3) is 12.2 Å². The topological polar surface area (TPSA) is 56.8 Å². The number of ether oxygens (including phenoxy) is 1. The third-order valence-electron chi connectivity index (χ3n) is 5.44. The molecule has 0 saturated heterocycles. The van der Waals surface area contributed by atoms with Crippen LogP contribution >= 0.6 is 0 Å². The second-order valence-electron chi connectivity index (χ2n) is 9.60. The molecule has 2 aromatic carbocycles. The molecular weight excluding hydrogens is 428 g/mol. The van der Waals surface area contributed by atoms with Crippen LogP contribution < -0.4 is 0 Å². The van der Waals surface area contributed by atoms with Crippen molar-refractivity contribution in [1.29, 1.82) is 10.5 Å². The second-order valence-corrected chi connectivity index (χ2v) is 9.60. The molecule has 3 rings (SSSR count). The van der Waals surface area contributed by atoms with Crippen molar-refractivity contribution in [2.45, 2.75) is 40.5 Å². The molecule has 0 unspecified atom stereocenters. The molecule has 0 N–H and O–H groups in total. The van der Waals surface area contributed by atoms with Crippen molar-refractivity contribution in [2.75, 3.05) is 0 Å². The molecule has 0 radical (unpaired) electrons.